The van der Waals surface area contributed by atoms with Crippen LogP contribution in [0.4, 0.5) is 0 Å². The topological polar surface area (TPSA) is 86.8 Å². The Morgan fingerprint density at radius 1 is 1.02 bits per heavy atom. The van der Waals surface area contributed by atoms with Crippen molar-refractivity contribution in [3.05, 3.63) is 94.7 Å². The highest BCUT2D eigenvalue weighted by Crippen LogP contribution is 2.39. The third-order valence-corrected chi connectivity index (χ3v) is 7.72. The summed E-state index contributed by atoms with van der Waals surface area (Å²) >= 11 is 0. The molecule has 0 radical (unpaired) electrons. The first-order chi connectivity index (χ1) is 19.9. The Morgan fingerprint density at radius 3 is 2.40 bits per heavy atom. The SMILES string of the molecule is COc1ccc2c(c1)c(CCN(C)C)cn2C(=O)CC(C)(C)c1c(C)cc(C)cc1OC(=O)C(N)Cc1ccccc1. The normalized spacial score (nSPS) is 12.5. The smallest absolute Gasteiger partial charge is 0.328 e. The highest BCUT2D eigenvalue weighted by molar-refractivity contribution is 5.95. The Hall–Kier alpha value is -3.94. The van der Waals surface area contributed by atoms with Crippen molar-refractivity contribution in [2.45, 2.75) is 58.4 Å². The maximum atomic E-state index is 14.0. The second-order valence-electron chi connectivity index (χ2n) is 12.1. The summed E-state index contributed by atoms with van der Waals surface area (Å²) in [6.45, 7) is 8.86. The lowest BCUT2D eigenvalue weighted by Crippen LogP contribution is -2.37. The molecule has 1 unspecified atom stereocenters. The predicted octanol–water partition coefficient (Wildman–Crippen LogP) is 5.85. The average Bonchev–Trinajstić information content (AvgIpc) is 3.29. The first-order valence-corrected chi connectivity index (χ1v) is 14.4. The number of likely N-dealkylation sites (N-methyl/N-ethyl adjacent to an activating group) is 1. The maximum Gasteiger partial charge on any atom is 0.328 e. The lowest BCUT2D eigenvalue weighted by Gasteiger charge is -2.29. The highest BCUT2D eigenvalue weighted by atomic mass is 16.5. The number of fused-ring (bicyclic) bond motifs is 1. The summed E-state index contributed by atoms with van der Waals surface area (Å²) in [7, 11) is 5.72. The Bertz CT molecular complexity index is 1570. The van der Waals surface area contributed by atoms with Gasteiger partial charge in [0.05, 0.1) is 12.6 Å². The zero-order valence-electron chi connectivity index (χ0n) is 25.9. The minimum absolute atomic E-state index is 0.0377. The molecular formula is C35H43N3O4. The van der Waals surface area contributed by atoms with Crippen molar-refractivity contribution in [2.75, 3.05) is 27.7 Å². The van der Waals surface area contributed by atoms with E-state index in [-0.39, 0.29) is 12.3 Å². The number of carbonyl (C=O) groups is 2. The second kappa shape index (κ2) is 12.9. The van der Waals surface area contributed by atoms with Gasteiger partial charge in [-0.2, -0.15) is 0 Å². The van der Waals surface area contributed by atoms with E-state index in [0.29, 0.717) is 12.2 Å². The number of aryl methyl sites for hydroxylation is 2. The molecule has 4 aromatic rings. The summed E-state index contributed by atoms with van der Waals surface area (Å²) in [5, 5.41) is 1.01. The minimum Gasteiger partial charge on any atom is -0.497 e. The molecule has 2 N–H and O–H groups in total. The Morgan fingerprint density at radius 2 is 1.74 bits per heavy atom. The molecule has 42 heavy (non-hydrogen) atoms. The van der Waals surface area contributed by atoms with Gasteiger partial charge in [-0.05, 0) is 87.3 Å². The van der Waals surface area contributed by atoms with Gasteiger partial charge >= 0.3 is 5.97 Å². The van der Waals surface area contributed by atoms with Crippen molar-refractivity contribution in [3.8, 4) is 11.5 Å². The fourth-order valence-electron chi connectivity index (χ4n) is 5.72. The molecule has 1 heterocycles. The van der Waals surface area contributed by atoms with Crippen molar-refractivity contribution in [2.24, 2.45) is 5.73 Å². The monoisotopic (exact) mass is 569 g/mol. The third kappa shape index (κ3) is 7.09. The Labute approximate surface area is 249 Å². The van der Waals surface area contributed by atoms with Crippen molar-refractivity contribution in [3.63, 3.8) is 0 Å². The number of nitrogens with two attached hydrogens (primary N) is 1. The summed E-state index contributed by atoms with van der Waals surface area (Å²) in [5.41, 5.74) is 11.3. The Balaban J connectivity index is 1.63. The van der Waals surface area contributed by atoms with Gasteiger partial charge in [-0.3, -0.25) is 9.36 Å². The first kappa shape index (κ1) is 31.0. The lowest BCUT2D eigenvalue weighted by molar-refractivity contribution is -0.135. The van der Waals surface area contributed by atoms with Gasteiger partial charge in [0, 0.05) is 35.5 Å². The molecule has 0 aliphatic carbocycles. The summed E-state index contributed by atoms with van der Waals surface area (Å²) < 4.78 is 13.2. The molecule has 4 rings (SSSR count). The van der Waals surface area contributed by atoms with Crippen molar-refractivity contribution in [1.82, 2.24) is 9.47 Å². The zero-order valence-corrected chi connectivity index (χ0v) is 25.9. The molecule has 0 bridgehead atoms. The van der Waals surface area contributed by atoms with Crippen LogP contribution in [0.2, 0.25) is 0 Å². The van der Waals surface area contributed by atoms with Crippen LogP contribution in [-0.4, -0.2) is 55.1 Å². The van der Waals surface area contributed by atoms with E-state index in [1.54, 1.807) is 11.7 Å². The van der Waals surface area contributed by atoms with Gasteiger partial charge in [0.15, 0.2) is 0 Å². The number of rotatable bonds is 11. The van der Waals surface area contributed by atoms with Crippen LogP contribution in [0.1, 0.15) is 52.9 Å². The number of nitrogens with zero attached hydrogens (tertiary/aromatic N) is 2. The van der Waals surface area contributed by atoms with E-state index < -0.39 is 17.4 Å². The van der Waals surface area contributed by atoms with Crippen LogP contribution in [0.15, 0.2) is 66.9 Å². The number of hydrogen-bond acceptors (Lipinski definition) is 6. The molecule has 0 saturated carbocycles. The molecule has 0 amide bonds. The van der Waals surface area contributed by atoms with E-state index in [2.05, 4.69) is 11.0 Å². The number of esters is 1. The fourth-order valence-corrected chi connectivity index (χ4v) is 5.72. The number of aromatic nitrogens is 1. The van der Waals surface area contributed by atoms with Crippen LogP contribution in [0, 0.1) is 13.8 Å². The lowest BCUT2D eigenvalue weighted by atomic mass is 9.78. The van der Waals surface area contributed by atoms with E-state index in [9.17, 15) is 9.59 Å². The van der Waals surface area contributed by atoms with Crippen LogP contribution >= 0.6 is 0 Å². The molecule has 222 valence electrons. The summed E-state index contributed by atoms with van der Waals surface area (Å²) in [6.07, 6.45) is 3.35. The molecule has 0 spiro atoms. The maximum absolute atomic E-state index is 14.0. The van der Waals surface area contributed by atoms with E-state index >= 15 is 0 Å². The molecule has 0 aliphatic rings. The summed E-state index contributed by atoms with van der Waals surface area (Å²) in [6, 6.07) is 18.6. The molecule has 1 atom stereocenters. The summed E-state index contributed by atoms with van der Waals surface area (Å²) in [5.74, 6) is 0.673. The highest BCUT2D eigenvalue weighted by Gasteiger charge is 2.32. The van der Waals surface area contributed by atoms with Gasteiger partial charge in [-0.25, -0.2) is 4.79 Å². The standard InChI is InChI=1S/C35H43N3O4/c1-23-17-24(2)33(31(18-23)42-34(40)29(36)19-25-11-9-8-10-12-25)35(3,4)21-32(39)38-22-26(15-16-37(5)6)28-20-27(41-7)13-14-30(28)38/h8-14,17-18,20,22,29H,15-16,19,21,36H2,1-7H3. The largest absolute Gasteiger partial charge is 0.497 e. The van der Waals surface area contributed by atoms with E-state index in [1.165, 1.54) is 0 Å². The van der Waals surface area contributed by atoms with Gasteiger partial charge in [0.2, 0.25) is 5.91 Å². The van der Waals surface area contributed by atoms with E-state index in [0.717, 1.165) is 57.4 Å². The van der Waals surface area contributed by atoms with Gasteiger partial charge < -0.3 is 20.1 Å². The van der Waals surface area contributed by atoms with Crippen molar-refractivity contribution < 1.29 is 19.1 Å². The van der Waals surface area contributed by atoms with Crippen LogP contribution in [0.25, 0.3) is 10.9 Å². The van der Waals surface area contributed by atoms with Crippen LogP contribution in [0.3, 0.4) is 0 Å². The molecule has 3 aromatic carbocycles. The van der Waals surface area contributed by atoms with E-state index in [4.69, 9.17) is 15.2 Å². The average molecular weight is 570 g/mol. The van der Waals surface area contributed by atoms with Crippen LogP contribution < -0.4 is 15.2 Å². The number of ether oxygens (including phenoxy) is 2. The van der Waals surface area contributed by atoms with Crippen molar-refractivity contribution in [1.29, 1.82) is 0 Å². The number of hydrogen-bond donors (Lipinski definition) is 1. The van der Waals surface area contributed by atoms with Crippen molar-refractivity contribution >= 4 is 22.8 Å². The minimum atomic E-state index is -0.811. The molecule has 0 saturated heterocycles. The van der Waals surface area contributed by atoms with Gasteiger partial charge in [0.1, 0.15) is 17.5 Å². The van der Waals surface area contributed by atoms with Gasteiger partial charge in [-0.1, -0.05) is 50.2 Å². The molecular weight excluding hydrogens is 526 g/mol. The number of methoxy groups -OCH3 is 1. The van der Waals surface area contributed by atoms with E-state index in [1.807, 2.05) is 103 Å². The van der Waals surface area contributed by atoms with Crippen LogP contribution in [0.5, 0.6) is 11.5 Å². The zero-order chi connectivity index (χ0) is 30.6. The summed E-state index contributed by atoms with van der Waals surface area (Å²) in [4.78, 5) is 29.2. The quantitative estimate of drug-likeness (QED) is 0.180. The third-order valence-electron chi connectivity index (χ3n) is 7.72. The molecule has 1 aromatic heterocycles. The fraction of sp³-hybridized carbons (Fsp3) is 0.371. The van der Waals surface area contributed by atoms with Gasteiger partial charge in [0.25, 0.3) is 0 Å². The Kier molecular flexibility index (Phi) is 9.54. The first-order valence-electron chi connectivity index (χ1n) is 14.4. The number of carbonyl (C=O) groups excluding carboxylic acids is 2. The van der Waals surface area contributed by atoms with Crippen LogP contribution in [-0.2, 0) is 23.1 Å². The molecule has 7 heteroatoms. The molecule has 0 aliphatic heterocycles. The second-order valence-corrected chi connectivity index (χ2v) is 12.1. The van der Waals surface area contributed by atoms with Gasteiger partial charge in [-0.15, -0.1) is 0 Å². The molecule has 0 fully saturated rings. The predicted molar refractivity (Wildman–Crippen MR) is 169 cm³/mol. The molecule has 7 nitrogen and oxygen atoms in total. The number of benzene rings is 3.